The third kappa shape index (κ3) is 1.36. The summed E-state index contributed by atoms with van der Waals surface area (Å²) in [4.78, 5) is 12.6. The van der Waals surface area contributed by atoms with Crippen molar-refractivity contribution >= 4 is 16.6 Å². The molecule has 20 heavy (non-hydrogen) atoms. The number of rotatable bonds is 1. The monoisotopic (exact) mass is 260 g/mol. The first-order valence-electron chi connectivity index (χ1n) is 6.54. The third-order valence-electron chi connectivity index (χ3n) is 3.89. The minimum Gasteiger partial charge on any atom is -0.497 e. The minimum atomic E-state index is 0.101. The lowest BCUT2D eigenvalue weighted by Crippen LogP contribution is -2.09. The summed E-state index contributed by atoms with van der Waals surface area (Å²) in [5.41, 5.74) is 3.60. The Morgan fingerprint density at radius 3 is 2.35 bits per heavy atom. The van der Waals surface area contributed by atoms with Crippen molar-refractivity contribution in [3.8, 4) is 16.9 Å². The molecule has 0 unspecified atom stereocenters. The van der Waals surface area contributed by atoms with Gasteiger partial charge in [0.1, 0.15) is 5.75 Å². The Hall–Kier alpha value is -2.61. The molecule has 0 saturated heterocycles. The van der Waals surface area contributed by atoms with Gasteiger partial charge in [-0.25, -0.2) is 0 Å². The van der Waals surface area contributed by atoms with Gasteiger partial charge in [0, 0.05) is 16.5 Å². The molecular formula is C18H12O2. The van der Waals surface area contributed by atoms with Crippen LogP contribution in [0.4, 0.5) is 0 Å². The normalized spacial score (nSPS) is 12.3. The van der Waals surface area contributed by atoms with Gasteiger partial charge < -0.3 is 4.74 Å². The Bertz CT molecular complexity index is 862. The first-order chi connectivity index (χ1) is 9.79. The molecule has 0 radical (unpaired) electrons. The summed E-state index contributed by atoms with van der Waals surface area (Å²) in [6, 6.07) is 17.6. The second kappa shape index (κ2) is 3.94. The van der Waals surface area contributed by atoms with Crippen molar-refractivity contribution in [3.05, 3.63) is 65.7 Å². The maximum atomic E-state index is 12.6. The minimum absolute atomic E-state index is 0.101. The van der Waals surface area contributed by atoms with Crippen LogP contribution >= 0.6 is 0 Å². The molecule has 3 aromatic carbocycles. The fraction of sp³-hybridized carbons (Fsp3) is 0.0556. The summed E-state index contributed by atoms with van der Waals surface area (Å²) in [6.45, 7) is 0. The van der Waals surface area contributed by atoms with Gasteiger partial charge in [0.2, 0.25) is 0 Å². The molecular weight excluding hydrogens is 248 g/mol. The molecule has 2 heteroatoms. The zero-order valence-electron chi connectivity index (χ0n) is 11.0. The molecule has 96 valence electrons. The highest BCUT2D eigenvalue weighted by molar-refractivity contribution is 6.26. The van der Waals surface area contributed by atoms with E-state index in [9.17, 15) is 4.79 Å². The number of benzene rings is 3. The largest absolute Gasteiger partial charge is 0.497 e. The molecule has 0 atom stereocenters. The van der Waals surface area contributed by atoms with Crippen LogP contribution in [0.2, 0.25) is 0 Å². The van der Waals surface area contributed by atoms with Crippen molar-refractivity contribution in [3.63, 3.8) is 0 Å². The lowest BCUT2D eigenvalue weighted by Gasteiger charge is -2.20. The molecule has 1 aliphatic carbocycles. The van der Waals surface area contributed by atoms with Crippen molar-refractivity contribution in [2.45, 2.75) is 0 Å². The molecule has 1 aliphatic rings. The average Bonchev–Trinajstić information content (AvgIpc) is 2.51. The third-order valence-corrected chi connectivity index (χ3v) is 3.89. The molecule has 3 aromatic rings. The molecule has 0 spiro atoms. The second-order valence-corrected chi connectivity index (χ2v) is 4.95. The summed E-state index contributed by atoms with van der Waals surface area (Å²) < 4.78 is 5.39. The zero-order valence-corrected chi connectivity index (χ0v) is 11.0. The molecule has 0 amide bonds. The van der Waals surface area contributed by atoms with Gasteiger partial charge in [-0.1, -0.05) is 42.5 Å². The lowest BCUT2D eigenvalue weighted by atomic mass is 9.83. The highest BCUT2D eigenvalue weighted by Crippen LogP contribution is 2.41. The van der Waals surface area contributed by atoms with Crippen LogP contribution < -0.4 is 4.74 Å². The van der Waals surface area contributed by atoms with E-state index in [1.807, 2.05) is 54.6 Å². The van der Waals surface area contributed by atoms with E-state index >= 15 is 0 Å². The van der Waals surface area contributed by atoms with Crippen LogP contribution in [-0.4, -0.2) is 12.9 Å². The van der Waals surface area contributed by atoms with E-state index in [0.29, 0.717) is 0 Å². The number of carbonyl (C=O) groups excluding carboxylic acids is 1. The number of ketones is 1. The van der Waals surface area contributed by atoms with E-state index in [0.717, 1.165) is 38.8 Å². The van der Waals surface area contributed by atoms with E-state index in [1.165, 1.54) is 0 Å². The summed E-state index contributed by atoms with van der Waals surface area (Å²) in [7, 11) is 1.66. The summed E-state index contributed by atoms with van der Waals surface area (Å²) in [5, 5.41) is 2.07. The second-order valence-electron chi connectivity index (χ2n) is 4.95. The van der Waals surface area contributed by atoms with E-state index in [2.05, 4.69) is 0 Å². The molecule has 0 aromatic heterocycles. The number of carbonyl (C=O) groups is 1. The van der Waals surface area contributed by atoms with Gasteiger partial charge in [-0.05, 0) is 28.6 Å². The van der Waals surface area contributed by atoms with Gasteiger partial charge in [-0.2, -0.15) is 0 Å². The first kappa shape index (κ1) is 11.2. The average molecular weight is 260 g/mol. The SMILES string of the molecule is COc1cc2c3c(cccc3c1)C(=O)c1ccccc1-2. The van der Waals surface area contributed by atoms with Gasteiger partial charge in [0.15, 0.2) is 5.78 Å². The predicted molar refractivity (Wildman–Crippen MR) is 79.4 cm³/mol. The van der Waals surface area contributed by atoms with Crippen LogP contribution in [0.25, 0.3) is 21.9 Å². The van der Waals surface area contributed by atoms with E-state index in [4.69, 9.17) is 4.74 Å². The quantitative estimate of drug-likeness (QED) is 0.516. The molecule has 0 fully saturated rings. The first-order valence-corrected chi connectivity index (χ1v) is 6.54. The van der Waals surface area contributed by atoms with Gasteiger partial charge in [0.05, 0.1) is 7.11 Å². The van der Waals surface area contributed by atoms with Gasteiger partial charge in [-0.15, -0.1) is 0 Å². The number of methoxy groups -OCH3 is 1. The fourth-order valence-electron chi connectivity index (χ4n) is 2.98. The Labute approximate surface area is 116 Å². The highest BCUT2D eigenvalue weighted by atomic mass is 16.5. The number of hydrogen-bond acceptors (Lipinski definition) is 2. The molecule has 0 aliphatic heterocycles. The summed E-state index contributed by atoms with van der Waals surface area (Å²) in [5.74, 6) is 0.915. The fourth-order valence-corrected chi connectivity index (χ4v) is 2.98. The molecule has 0 bridgehead atoms. The van der Waals surface area contributed by atoms with Crippen molar-refractivity contribution in [1.82, 2.24) is 0 Å². The summed E-state index contributed by atoms with van der Waals surface area (Å²) in [6.07, 6.45) is 0. The predicted octanol–water partition coefficient (Wildman–Crippen LogP) is 4.06. The number of hydrogen-bond donors (Lipinski definition) is 0. The van der Waals surface area contributed by atoms with Gasteiger partial charge in [-0.3, -0.25) is 4.79 Å². The van der Waals surface area contributed by atoms with E-state index < -0.39 is 0 Å². The zero-order chi connectivity index (χ0) is 13.7. The van der Waals surface area contributed by atoms with Crippen molar-refractivity contribution in [1.29, 1.82) is 0 Å². The summed E-state index contributed by atoms with van der Waals surface area (Å²) >= 11 is 0. The number of ether oxygens (including phenoxy) is 1. The Kier molecular flexibility index (Phi) is 2.21. The van der Waals surface area contributed by atoms with Gasteiger partial charge >= 0.3 is 0 Å². The van der Waals surface area contributed by atoms with E-state index in [-0.39, 0.29) is 5.78 Å². The molecule has 4 rings (SSSR count). The number of fused-ring (bicyclic) bond motifs is 2. The van der Waals surface area contributed by atoms with Crippen molar-refractivity contribution in [2.24, 2.45) is 0 Å². The smallest absolute Gasteiger partial charge is 0.194 e. The topological polar surface area (TPSA) is 26.3 Å². The van der Waals surface area contributed by atoms with Gasteiger partial charge in [0.25, 0.3) is 0 Å². The lowest BCUT2D eigenvalue weighted by molar-refractivity contribution is 0.104. The van der Waals surface area contributed by atoms with Crippen LogP contribution in [-0.2, 0) is 0 Å². The maximum Gasteiger partial charge on any atom is 0.194 e. The standard InChI is InChI=1S/C18H12O2/c1-20-12-9-11-5-4-8-15-17(11)16(10-12)13-6-2-3-7-14(13)18(15)19/h2-10H,1H3. The van der Waals surface area contributed by atoms with Crippen LogP contribution in [0.5, 0.6) is 5.75 Å². The van der Waals surface area contributed by atoms with E-state index in [1.54, 1.807) is 7.11 Å². The van der Waals surface area contributed by atoms with Crippen LogP contribution in [0.3, 0.4) is 0 Å². The molecule has 0 heterocycles. The molecule has 0 N–H and O–H groups in total. The van der Waals surface area contributed by atoms with Crippen molar-refractivity contribution in [2.75, 3.05) is 7.11 Å². The van der Waals surface area contributed by atoms with Crippen molar-refractivity contribution < 1.29 is 9.53 Å². The Morgan fingerprint density at radius 1 is 0.800 bits per heavy atom. The highest BCUT2D eigenvalue weighted by Gasteiger charge is 2.25. The van der Waals surface area contributed by atoms with Crippen LogP contribution in [0, 0.1) is 0 Å². The molecule has 0 saturated carbocycles. The maximum absolute atomic E-state index is 12.6. The molecule has 2 nitrogen and oxygen atoms in total. The Morgan fingerprint density at radius 2 is 1.55 bits per heavy atom. The van der Waals surface area contributed by atoms with Crippen LogP contribution in [0.15, 0.2) is 54.6 Å². The van der Waals surface area contributed by atoms with Crippen LogP contribution in [0.1, 0.15) is 15.9 Å². The Balaban J connectivity index is 2.23.